The van der Waals surface area contributed by atoms with Gasteiger partial charge in [-0.25, -0.2) is 4.98 Å². The standard InChI is InChI=1S/C23H15Br2ClN4O4/c1-13-28-20-7-4-16(24)9-19(20)23(31)29(13)27-11-15-8-17(25)10-21(30(32)33)22(15)34-12-14-2-5-18(26)6-3-14/h2-11H,12H2,1H3. The fourth-order valence-electron chi connectivity index (χ4n) is 3.24. The van der Waals surface area contributed by atoms with Crippen LogP contribution < -0.4 is 10.3 Å². The van der Waals surface area contributed by atoms with Gasteiger partial charge >= 0.3 is 5.69 Å². The van der Waals surface area contributed by atoms with E-state index in [1.807, 2.05) is 0 Å². The fraction of sp³-hybridized carbons (Fsp3) is 0.0870. The summed E-state index contributed by atoms with van der Waals surface area (Å²) in [7, 11) is 0. The molecule has 0 amide bonds. The van der Waals surface area contributed by atoms with E-state index in [1.54, 1.807) is 55.5 Å². The van der Waals surface area contributed by atoms with E-state index < -0.39 is 4.92 Å². The van der Waals surface area contributed by atoms with Crippen LogP contribution in [0.2, 0.25) is 5.02 Å². The number of halogens is 3. The Morgan fingerprint density at radius 2 is 1.88 bits per heavy atom. The van der Waals surface area contributed by atoms with Gasteiger partial charge in [0.05, 0.1) is 22.0 Å². The van der Waals surface area contributed by atoms with E-state index in [1.165, 1.54) is 12.3 Å². The maximum atomic E-state index is 13.0. The largest absolute Gasteiger partial charge is 0.481 e. The van der Waals surface area contributed by atoms with Gasteiger partial charge < -0.3 is 4.74 Å². The van der Waals surface area contributed by atoms with Gasteiger partial charge in [-0.3, -0.25) is 14.9 Å². The Morgan fingerprint density at radius 1 is 1.15 bits per heavy atom. The fourth-order valence-corrected chi connectivity index (χ4v) is 4.19. The van der Waals surface area contributed by atoms with Gasteiger partial charge in [-0.05, 0) is 48.9 Å². The van der Waals surface area contributed by atoms with Crippen molar-refractivity contribution in [2.24, 2.45) is 5.10 Å². The first-order chi connectivity index (χ1) is 16.2. The van der Waals surface area contributed by atoms with Crippen LogP contribution in [0.25, 0.3) is 10.9 Å². The molecule has 8 nitrogen and oxygen atoms in total. The lowest BCUT2D eigenvalue weighted by Gasteiger charge is -2.11. The van der Waals surface area contributed by atoms with Gasteiger partial charge in [0.2, 0.25) is 5.75 Å². The summed E-state index contributed by atoms with van der Waals surface area (Å²) in [5.41, 5.74) is 1.03. The number of hydrogen-bond acceptors (Lipinski definition) is 6. The lowest BCUT2D eigenvalue weighted by Crippen LogP contribution is -2.20. The molecule has 3 aromatic carbocycles. The van der Waals surface area contributed by atoms with E-state index in [0.29, 0.717) is 31.8 Å². The van der Waals surface area contributed by atoms with Crippen molar-refractivity contribution in [3.63, 3.8) is 0 Å². The van der Waals surface area contributed by atoms with Gasteiger partial charge in [0.25, 0.3) is 5.56 Å². The molecule has 4 rings (SSSR count). The predicted molar refractivity (Wildman–Crippen MR) is 138 cm³/mol. The molecule has 0 saturated carbocycles. The average Bonchev–Trinajstić information content (AvgIpc) is 2.79. The zero-order valence-electron chi connectivity index (χ0n) is 17.5. The third-order valence-corrected chi connectivity index (χ3v) is 6.04. The molecule has 0 unspecified atom stereocenters. The number of nitro benzene ring substituents is 1. The molecule has 0 spiro atoms. The number of aryl methyl sites for hydroxylation is 1. The highest BCUT2D eigenvalue weighted by Crippen LogP contribution is 2.34. The molecule has 0 fully saturated rings. The second-order valence-corrected chi connectivity index (χ2v) is 9.47. The molecule has 1 aromatic heterocycles. The summed E-state index contributed by atoms with van der Waals surface area (Å²) >= 11 is 12.6. The van der Waals surface area contributed by atoms with E-state index in [4.69, 9.17) is 16.3 Å². The first-order valence-corrected chi connectivity index (χ1v) is 11.8. The number of nitro groups is 1. The van der Waals surface area contributed by atoms with Crippen LogP contribution in [-0.2, 0) is 6.61 Å². The van der Waals surface area contributed by atoms with Crippen LogP contribution >= 0.6 is 43.5 Å². The van der Waals surface area contributed by atoms with Crippen molar-refractivity contribution in [2.75, 3.05) is 0 Å². The zero-order chi connectivity index (χ0) is 24.4. The van der Waals surface area contributed by atoms with Crippen molar-refractivity contribution in [2.45, 2.75) is 13.5 Å². The van der Waals surface area contributed by atoms with Crippen LogP contribution in [0.5, 0.6) is 5.75 Å². The Balaban J connectivity index is 1.77. The number of fused-ring (bicyclic) bond motifs is 1. The lowest BCUT2D eigenvalue weighted by atomic mass is 10.2. The highest BCUT2D eigenvalue weighted by molar-refractivity contribution is 9.10. The highest BCUT2D eigenvalue weighted by Gasteiger charge is 2.21. The third kappa shape index (κ3) is 5.19. The van der Waals surface area contributed by atoms with Crippen molar-refractivity contribution in [3.05, 3.63) is 106 Å². The van der Waals surface area contributed by atoms with Gasteiger partial charge in [-0.2, -0.15) is 9.78 Å². The van der Waals surface area contributed by atoms with E-state index in [-0.39, 0.29) is 23.6 Å². The molecular weight excluding hydrogens is 592 g/mol. The number of hydrogen-bond donors (Lipinski definition) is 0. The van der Waals surface area contributed by atoms with Crippen LogP contribution in [0, 0.1) is 17.0 Å². The molecule has 0 aliphatic rings. The molecule has 4 aromatic rings. The summed E-state index contributed by atoms with van der Waals surface area (Å²) in [6.07, 6.45) is 1.34. The second kappa shape index (κ2) is 10.0. The summed E-state index contributed by atoms with van der Waals surface area (Å²) in [5, 5.41) is 17.0. The van der Waals surface area contributed by atoms with E-state index in [0.717, 1.165) is 14.7 Å². The number of ether oxygens (including phenoxy) is 1. The minimum atomic E-state index is -0.536. The minimum Gasteiger partial charge on any atom is -0.481 e. The quantitative estimate of drug-likeness (QED) is 0.147. The monoisotopic (exact) mass is 604 g/mol. The summed E-state index contributed by atoms with van der Waals surface area (Å²) < 4.78 is 8.18. The SMILES string of the molecule is Cc1nc2ccc(Br)cc2c(=O)n1N=Cc1cc(Br)cc([N+](=O)[O-])c1OCc1ccc(Cl)cc1. The van der Waals surface area contributed by atoms with Crippen LogP contribution in [-0.4, -0.2) is 20.8 Å². The molecule has 11 heteroatoms. The van der Waals surface area contributed by atoms with Crippen molar-refractivity contribution >= 4 is 66.3 Å². The van der Waals surface area contributed by atoms with Gasteiger partial charge in [-0.1, -0.05) is 55.6 Å². The molecule has 1 heterocycles. The molecule has 0 saturated heterocycles. The molecule has 0 N–H and O–H groups in total. The van der Waals surface area contributed by atoms with E-state index in [9.17, 15) is 14.9 Å². The molecule has 172 valence electrons. The van der Waals surface area contributed by atoms with Crippen molar-refractivity contribution in [3.8, 4) is 5.75 Å². The van der Waals surface area contributed by atoms with E-state index >= 15 is 0 Å². The lowest BCUT2D eigenvalue weighted by molar-refractivity contribution is -0.386. The summed E-state index contributed by atoms with van der Waals surface area (Å²) in [5.74, 6) is 0.387. The molecule has 34 heavy (non-hydrogen) atoms. The van der Waals surface area contributed by atoms with Crippen LogP contribution in [0.15, 0.2) is 73.4 Å². The zero-order valence-corrected chi connectivity index (χ0v) is 21.5. The van der Waals surface area contributed by atoms with E-state index in [2.05, 4.69) is 41.9 Å². The maximum absolute atomic E-state index is 13.0. The van der Waals surface area contributed by atoms with Crippen molar-refractivity contribution in [1.29, 1.82) is 0 Å². The normalized spacial score (nSPS) is 11.3. The first-order valence-electron chi connectivity index (χ1n) is 9.81. The predicted octanol–water partition coefficient (Wildman–Crippen LogP) is 6.25. The summed E-state index contributed by atoms with van der Waals surface area (Å²) in [4.78, 5) is 28.6. The van der Waals surface area contributed by atoms with Crippen LogP contribution in [0.3, 0.4) is 0 Å². The Kier molecular flexibility index (Phi) is 7.11. The number of benzene rings is 3. The van der Waals surface area contributed by atoms with Gasteiger partial charge in [-0.15, -0.1) is 0 Å². The second-order valence-electron chi connectivity index (χ2n) is 7.20. The molecular formula is C23H15Br2ClN4O4. The maximum Gasteiger partial charge on any atom is 0.312 e. The third-order valence-electron chi connectivity index (χ3n) is 4.84. The van der Waals surface area contributed by atoms with Gasteiger partial charge in [0.1, 0.15) is 12.4 Å². The Bertz CT molecular complexity index is 1500. The Hall–Kier alpha value is -3.08. The minimum absolute atomic E-state index is 0.0223. The van der Waals surface area contributed by atoms with Crippen molar-refractivity contribution < 1.29 is 9.66 Å². The first kappa shape index (κ1) is 24.1. The number of aromatic nitrogens is 2. The average molecular weight is 607 g/mol. The molecule has 0 radical (unpaired) electrons. The highest BCUT2D eigenvalue weighted by atomic mass is 79.9. The number of nitrogens with zero attached hydrogens (tertiary/aromatic N) is 4. The Morgan fingerprint density at radius 3 is 2.59 bits per heavy atom. The topological polar surface area (TPSA) is 99.6 Å². The Labute approximate surface area is 215 Å². The van der Waals surface area contributed by atoms with Crippen molar-refractivity contribution in [1.82, 2.24) is 9.66 Å². The molecule has 0 atom stereocenters. The van der Waals surface area contributed by atoms with Gasteiger partial charge in [0.15, 0.2) is 0 Å². The summed E-state index contributed by atoms with van der Waals surface area (Å²) in [6.45, 7) is 1.73. The van der Waals surface area contributed by atoms with Gasteiger partial charge in [0, 0.05) is 25.6 Å². The molecule has 0 aliphatic carbocycles. The smallest absolute Gasteiger partial charge is 0.312 e. The van der Waals surface area contributed by atoms with Crippen LogP contribution in [0.4, 0.5) is 5.69 Å². The molecule has 0 bridgehead atoms. The van der Waals surface area contributed by atoms with Crippen LogP contribution in [0.1, 0.15) is 17.0 Å². The molecule has 0 aliphatic heterocycles. The summed E-state index contributed by atoms with van der Waals surface area (Å²) in [6, 6.07) is 15.1. The number of rotatable bonds is 6.